The molecule has 0 spiro atoms. The minimum Gasteiger partial charge on any atom is -0.494 e. The molecule has 1 heterocycles. The molecular weight excluding hydrogens is 254 g/mol. The van der Waals surface area contributed by atoms with E-state index in [2.05, 4.69) is 6.92 Å². The monoisotopic (exact) mass is 275 g/mol. The third kappa shape index (κ3) is 2.55. The second-order valence-corrected chi connectivity index (χ2v) is 5.49. The number of rotatable bonds is 5. The highest BCUT2D eigenvalue weighted by atomic mass is 16.5. The number of ether oxygens (including phenoxy) is 1. The Morgan fingerprint density at radius 1 is 1.25 bits per heavy atom. The van der Waals surface area contributed by atoms with Crippen molar-refractivity contribution in [3.63, 3.8) is 0 Å². The third-order valence-corrected chi connectivity index (χ3v) is 3.91. The maximum atomic E-state index is 12.2. The summed E-state index contributed by atoms with van der Waals surface area (Å²) in [6.07, 6.45) is 2.36. The van der Waals surface area contributed by atoms with E-state index in [-0.39, 0.29) is 18.2 Å². The first-order valence-corrected chi connectivity index (χ1v) is 7.03. The molecule has 0 radical (unpaired) electrons. The number of hydrogen-bond acceptors (Lipinski definition) is 3. The molecule has 4 heteroatoms. The van der Waals surface area contributed by atoms with Crippen LogP contribution in [0.15, 0.2) is 24.3 Å². The Hall–Kier alpha value is -1.84. The normalized spacial score (nSPS) is 22.4. The second kappa shape index (κ2) is 5.65. The van der Waals surface area contributed by atoms with E-state index in [9.17, 15) is 9.59 Å². The van der Waals surface area contributed by atoms with Crippen molar-refractivity contribution in [1.82, 2.24) is 4.90 Å². The van der Waals surface area contributed by atoms with Crippen molar-refractivity contribution in [2.45, 2.75) is 38.5 Å². The Labute approximate surface area is 119 Å². The number of unbranched alkanes of at least 4 members (excludes halogenated alkanes) is 1. The molecule has 0 saturated carbocycles. The molecule has 108 valence electrons. The van der Waals surface area contributed by atoms with Crippen LogP contribution in [0.5, 0.6) is 5.75 Å². The van der Waals surface area contributed by atoms with E-state index in [1.807, 2.05) is 31.2 Å². The van der Waals surface area contributed by atoms with Gasteiger partial charge in [0.05, 0.1) is 12.0 Å². The van der Waals surface area contributed by atoms with Gasteiger partial charge in [0.25, 0.3) is 0 Å². The molecule has 1 aromatic rings. The lowest BCUT2D eigenvalue weighted by Crippen LogP contribution is -2.34. The number of carbonyl (C=O) groups excluding carboxylic acids is 2. The predicted octanol–water partition coefficient (Wildman–Crippen LogP) is 2.51. The molecule has 20 heavy (non-hydrogen) atoms. The second-order valence-electron chi connectivity index (χ2n) is 5.49. The van der Waals surface area contributed by atoms with Gasteiger partial charge in [0.2, 0.25) is 11.8 Å². The summed E-state index contributed by atoms with van der Waals surface area (Å²) in [7, 11) is 1.54. The first kappa shape index (κ1) is 14.6. The summed E-state index contributed by atoms with van der Waals surface area (Å²) in [6.45, 7) is 4.64. The molecule has 2 rings (SSSR count). The van der Waals surface area contributed by atoms with E-state index in [1.54, 1.807) is 0 Å². The number of nitrogens with zero attached hydrogens (tertiary/aromatic N) is 1. The fourth-order valence-electron chi connectivity index (χ4n) is 2.46. The Morgan fingerprint density at radius 3 is 2.40 bits per heavy atom. The van der Waals surface area contributed by atoms with Crippen molar-refractivity contribution < 1.29 is 14.3 Å². The van der Waals surface area contributed by atoms with Gasteiger partial charge in [0.15, 0.2) is 0 Å². The summed E-state index contributed by atoms with van der Waals surface area (Å²) >= 11 is 0. The largest absolute Gasteiger partial charge is 0.494 e. The SMILES string of the molecule is CCCCOc1ccc([C@@]2(C)CC(=O)N(C)C2=O)cc1. The van der Waals surface area contributed by atoms with E-state index in [1.165, 1.54) is 11.9 Å². The summed E-state index contributed by atoms with van der Waals surface area (Å²) in [5.41, 5.74) is 0.122. The van der Waals surface area contributed by atoms with Crippen LogP contribution in [0.4, 0.5) is 0 Å². The average Bonchev–Trinajstić information content (AvgIpc) is 2.65. The number of likely N-dealkylation sites (tertiary alicyclic amines) is 1. The van der Waals surface area contributed by atoms with Gasteiger partial charge in [0.1, 0.15) is 5.75 Å². The molecule has 0 unspecified atom stereocenters. The van der Waals surface area contributed by atoms with Gasteiger partial charge in [-0.3, -0.25) is 14.5 Å². The Morgan fingerprint density at radius 2 is 1.90 bits per heavy atom. The summed E-state index contributed by atoms with van der Waals surface area (Å²) in [5, 5.41) is 0. The van der Waals surface area contributed by atoms with E-state index >= 15 is 0 Å². The van der Waals surface area contributed by atoms with Crippen molar-refractivity contribution >= 4 is 11.8 Å². The van der Waals surface area contributed by atoms with Crippen molar-refractivity contribution in [3.8, 4) is 5.75 Å². The fourth-order valence-corrected chi connectivity index (χ4v) is 2.46. The highest BCUT2D eigenvalue weighted by Gasteiger charge is 2.47. The highest BCUT2D eigenvalue weighted by molar-refractivity contribution is 6.08. The lowest BCUT2D eigenvalue weighted by atomic mass is 9.81. The standard InChI is InChI=1S/C16H21NO3/c1-4-5-10-20-13-8-6-12(7-9-13)16(2)11-14(18)17(3)15(16)19/h6-9H,4-5,10-11H2,1-3H3/t16-/m1/s1. The summed E-state index contributed by atoms with van der Waals surface area (Å²) < 4.78 is 5.60. The number of carbonyl (C=O) groups is 2. The summed E-state index contributed by atoms with van der Waals surface area (Å²) in [6, 6.07) is 7.50. The van der Waals surface area contributed by atoms with Gasteiger partial charge in [-0.25, -0.2) is 0 Å². The number of benzene rings is 1. The predicted molar refractivity (Wildman–Crippen MR) is 76.6 cm³/mol. The van der Waals surface area contributed by atoms with E-state index in [4.69, 9.17) is 4.74 Å². The number of likely N-dealkylation sites (N-methyl/N-ethyl adjacent to an activating group) is 1. The smallest absolute Gasteiger partial charge is 0.239 e. The molecule has 1 aliphatic heterocycles. The van der Waals surface area contributed by atoms with E-state index in [0.29, 0.717) is 6.61 Å². The maximum absolute atomic E-state index is 12.2. The molecule has 2 amide bonds. The van der Waals surface area contributed by atoms with Crippen LogP contribution in [0.25, 0.3) is 0 Å². The van der Waals surface area contributed by atoms with Crippen molar-refractivity contribution in [2.24, 2.45) is 0 Å². The van der Waals surface area contributed by atoms with E-state index in [0.717, 1.165) is 24.2 Å². The minimum absolute atomic E-state index is 0.124. The molecule has 0 bridgehead atoms. The van der Waals surface area contributed by atoms with Crippen molar-refractivity contribution in [3.05, 3.63) is 29.8 Å². The molecule has 0 N–H and O–H groups in total. The zero-order chi connectivity index (χ0) is 14.8. The van der Waals surface area contributed by atoms with Crippen LogP contribution in [0.2, 0.25) is 0 Å². The maximum Gasteiger partial charge on any atom is 0.239 e. The van der Waals surface area contributed by atoms with Gasteiger partial charge in [-0.15, -0.1) is 0 Å². The van der Waals surface area contributed by atoms with Crippen LogP contribution in [0.3, 0.4) is 0 Å². The first-order chi connectivity index (χ1) is 9.49. The molecule has 0 aliphatic carbocycles. The molecule has 1 fully saturated rings. The molecule has 1 aliphatic rings. The molecule has 4 nitrogen and oxygen atoms in total. The van der Waals surface area contributed by atoms with Gasteiger partial charge >= 0.3 is 0 Å². The van der Waals surface area contributed by atoms with E-state index < -0.39 is 5.41 Å². The highest BCUT2D eigenvalue weighted by Crippen LogP contribution is 2.36. The summed E-state index contributed by atoms with van der Waals surface area (Å²) in [4.78, 5) is 25.1. The van der Waals surface area contributed by atoms with Gasteiger partial charge < -0.3 is 4.74 Å². The lowest BCUT2D eigenvalue weighted by molar-refractivity contribution is -0.138. The van der Waals surface area contributed by atoms with Gasteiger partial charge in [-0.05, 0) is 31.0 Å². The average molecular weight is 275 g/mol. The van der Waals surface area contributed by atoms with Gasteiger partial charge in [0, 0.05) is 13.5 Å². The van der Waals surface area contributed by atoms with Crippen LogP contribution in [-0.2, 0) is 15.0 Å². The quantitative estimate of drug-likeness (QED) is 0.613. The number of hydrogen-bond donors (Lipinski definition) is 0. The van der Waals surface area contributed by atoms with Crippen LogP contribution in [-0.4, -0.2) is 30.4 Å². The Balaban J connectivity index is 2.14. The minimum atomic E-state index is -0.742. The van der Waals surface area contributed by atoms with Crippen LogP contribution >= 0.6 is 0 Å². The van der Waals surface area contributed by atoms with Crippen molar-refractivity contribution in [1.29, 1.82) is 0 Å². The zero-order valence-corrected chi connectivity index (χ0v) is 12.3. The topological polar surface area (TPSA) is 46.6 Å². The lowest BCUT2D eigenvalue weighted by Gasteiger charge is -2.21. The fraction of sp³-hybridized carbons (Fsp3) is 0.500. The van der Waals surface area contributed by atoms with Crippen LogP contribution in [0.1, 0.15) is 38.7 Å². The molecule has 0 aromatic heterocycles. The Bertz CT molecular complexity index is 509. The third-order valence-electron chi connectivity index (χ3n) is 3.91. The molecule has 1 atom stereocenters. The first-order valence-electron chi connectivity index (χ1n) is 7.03. The Kier molecular flexibility index (Phi) is 4.12. The van der Waals surface area contributed by atoms with Crippen LogP contribution < -0.4 is 4.74 Å². The van der Waals surface area contributed by atoms with Crippen molar-refractivity contribution in [2.75, 3.05) is 13.7 Å². The zero-order valence-electron chi connectivity index (χ0n) is 12.3. The summed E-state index contributed by atoms with van der Waals surface area (Å²) in [5.74, 6) is 0.541. The molecule has 1 saturated heterocycles. The number of imide groups is 1. The molecule has 1 aromatic carbocycles. The van der Waals surface area contributed by atoms with Gasteiger partial charge in [-0.1, -0.05) is 25.5 Å². The van der Waals surface area contributed by atoms with Crippen LogP contribution in [0, 0.1) is 0 Å². The number of amides is 2. The van der Waals surface area contributed by atoms with Gasteiger partial charge in [-0.2, -0.15) is 0 Å². The molecular formula is C16H21NO3.